The monoisotopic (exact) mass is 552 g/mol. The Balaban J connectivity index is 5.31. The summed E-state index contributed by atoms with van der Waals surface area (Å²) in [6.45, 7) is 15.1. The first kappa shape index (κ1) is 35.3. The van der Waals surface area contributed by atoms with Gasteiger partial charge in [0.25, 0.3) is 0 Å². The fourth-order valence-corrected chi connectivity index (χ4v) is 3.28. The van der Waals surface area contributed by atoms with Gasteiger partial charge in [0, 0.05) is 37.8 Å². The average molecular weight is 553 g/mol. The van der Waals surface area contributed by atoms with Gasteiger partial charge in [0.15, 0.2) is 0 Å². The Bertz CT molecular complexity index is 822. The molecule has 0 N–H and O–H groups in total. The molecule has 0 heterocycles. The van der Waals surface area contributed by atoms with Crippen LogP contribution in [-0.4, -0.2) is 76.1 Å². The van der Waals surface area contributed by atoms with Crippen molar-refractivity contribution in [1.29, 1.82) is 0 Å². The summed E-state index contributed by atoms with van der Waals surface area (Å²) in [4.78, 5) is 57.4. The number of carbonyl (C=O) groups is 5. The van der Waals surface area contributed by atoms with Gasteiger partial charge >= 0.3 is 29.8 Å². The van der Waals surface area contributed by atoms with Crippen LogP contribution < -0.4 is 0 Å². The predicted molar refractivity (Wildman–Crippen MR) is 141 cm³/mol. The molecular weight excluding hydrogens is 512 g/mol. The highest BCUT2D eigenvalue weighted by Crippen LogP contribution is 2.26. The molecule has 0 rings (SSSR count). The highest BCUT2D eigenvalue weighted by Gasteiger charge is 2.34. The van der Waals surface area contributed by atoms with E-state index in [0.29, 0.717) is 25.7 Å². The topological polar surface area (TPSA) is 141 Å². The van der Waals surface area contributed by atoms with Gasteiger partial charge in [0.2, 0.25) is 0 Å². The molecule has 0 radical (unpaired) electrons. The van der Waals surface area contributed by atoms with Crippen LogP contribution in [0.15, 0.2) is 50.6 Å². The lowest BCUT2D eigenvalue weighted by molar-refractivity contribution is -0.155. The lowest BCUT2D eigenvalue weighted by atomic mass is 9.87. The van der Waals surface area contributed by atoms with Crippen molar-refractivity contribution in [2.24, 2.45) is 11.3 Å². The first-order valence-electron chi connectivity index (χ1n) is 12.5. The second-order valence-corrected chi connectivity index (χ2v) is 8.60. The number of hydrogen-bond acceptors (Lipinski definition) is 11. The Morgan fingerprint density at radius 1 is 0.615 bits per heavy atom. The van der Waals surface area contributed by atoms with Gasteiger partial charge in [-0.15, -0.1) is 0 Å². The van der Waals surface area contributed by atoms with Gasteiger partial charge in [-0.1, -0.05) is 26.3 Å². The van der Waals surface area contributed by atoms with Crippen molar-refractivity contribution in [2.75, 3.05) is 46.2 Å². The van der Waals surface area contributed by atoms with Crippen LogP contribution in [0.3, 0.4) is 0 Å². The number of rotatable bonds is 23. The van der Waals surface area contributed by atoms with E-state index in [4.69, 9.17) is 28.4 Å². The van der Waals surface area contributed by atoms with Gasteiger partial charge in [0.05, 0.1) is 31.8 Å². The standard InChI is InChI=1S/C28H40O11/c1-6-24(30)36-15-10-11-23(13-17-35-22(5)29)12-16-34-19-28(20-38-26(32)8-3,21-39-27(33)9-4)14-18-37-25(31)7-2/h6-9,23H,1-4,10-21H2,5H3. The molecule has 0 aromatic rings. The number of carbonyl (C=O) groups excluding carboxylic acids is 5. The van der Waals surface area contributed by atoms with E-state index in [1.165, 1.54) is 6.92 Å². The van der Waals surface area contributed by atoms with E-state index < -0.39 is 29.3 Å². The van der Waals surface area contributed by atoms with E-state index in [1.54, 1.807) is 0 Å². The van der Waals surface area contributed by atoms with Crippen molar-refractivity contribution in [3.8, 4) is 0 Å². The van der Waals surface area contributed by atoms with Crippen molar-refractivity contribution < 1.29 is 52.4 Å². The van der Waals surface area contributed by atoms with Crippen molar-refractivity contribution in [2.45, 2.75) is 39.0 Å². The van der Waals surface area contributed by atoms with E-state index in [1.807, 2.05) is 0 Å². The van der Waals surface area contributed by atoms with E-state index in [9.17, 15) is 24.0 Å². The second-order valence-electron chi connectivity index (χ2n) is 8.60. The quantitative estimate of drug-likeness (QED) is 0.0799. The zero-order valence-electron chi connectivity index (χ0n) is 22.7. The molecule has 0 bridgehead atoms. The number of esters is 5. The molecule has 11 heteroatoms. The SMILES string of the molecule is C=CC(=O)OCCCC(CCOCC(CCOC(=O)C=C)(COC(=O)C=C)COC(=O)C=C)CCOC(C)=O. The van der Waals surface area contributed by atoms with Gasteiger partial charge in [-0.25, -0.2) is 19.2 Å². The summed E-state index contributed by atoms with van der Waals surface area (Å²) in [5, 5.41) is 0. The molecule has 0 saturated heterocycles. The van der Waals surface area contributed by atoms with Crippen LogP contribution in [0.4, 0.5) is 0 Å². The fourth-order valence-electron chi connectivity index (χ4n) is 3.28. The van der Waals surface area contributed by atoms with E-state index in [-0.39, 0.29) is 64.6 Å². The van der Waals surface area contributed by atoms with Crippen molar-refractivity contribution in [1.82, 2.24) is 0 Å². The Hall–Kier alpha value is -3.73. The molecule has 0 saturated carbocycles. The first-order valence-corrected chi connectivity index (χ1v) is 12.5. The van der Waals surface area contributed by atoms with Gasteiger partial charge < -0.3 is 28.4 Å². The van der Waals surface area contributed by atoms with Crippen molar-refractivity contribution in [3.05, 3.63) is 50.6 Å². The maximum atomic E-state index is 11.8. The van der Waals surface area contributed by atoms with Crippen LogP contribution >= 0.6 is 0 Å². The van der Waals surface area contributed by atoms with Crippen molar-refractivity contribution >= 4 is 29.8 Å². The fraction of sp³-hybridized carbons (Fsp3) is 0.536. The molecule has 1 unspecified atom stereocenters. The van der Waals surface area contributed by atoms with Crippen LogP contribution in [0.25, 0.3) is 0 Å². The van der Waals surface area contributed by atoms with E-state index in [2.05, 4.69) is 26.3 Å². The lowest BCUT2D eigenvalue weighted by Crippen LogP contribution is -2.40. The molecule has 0 fully saturated rings. The van der Waals surface area contributed by atoms with E-state index >= 15 is 0 Å². The van der Waals surface area contributed by atoms with Crippen LogP contribution in [0.1, 0.15) is 39.0 Å². The third-order valence-electron chi connectivity index (χ3n) is 5.50. The summed E-state index contributed by atoms with van der Waals surface area (Å²) in [5.74, 6) is -2.79. The molecule has 218 valence electrons. The zero-order chi connectivity index (χ0) is 29.5. The Morgan fingerprint density at radius 3 is 1.62 bits per heavy atom. The van der Waals surface area contributed by atoms with Gasteiger partial charge in [-0.05, 0) is 38.0 Å². The minimum absolute atomic E-state index is 0.00109. The third-order valence-corrected chi connectivity index (χ3v) is 5.50. The van der Waals surface area contributed by atoms with E-state index in [0.717, 1.165) is 24.3 Å². The summed E-state index contributed by atoms with van der Waals surface area (Å²) in [7, 11) is 0. The van der Waals surface area contributed by atoms with Crippen molar-refractivity contribution in [3.63, 3.8) is 0 Å². The normalized spacial score (nSPS) is 11.3. The summed E-state index contributed by atoms with van der Waals surface area (Å²) in [6.07, 6.45) is 6.69. The van der Waals surface area contributed by atoms with Crippen LogP contribution in [0, 0.1) is 11.3 Å². The smallest absolute Gasteiger partial charge is 0.330 e. The third kappa shape index (κ3) is 18.2. The Kier molecular flexibility index (Phi) is 19.2. The molecule has 39 heavy (non-hydrogen) atoms. The molecule has 0 aromatic carbocycles. The molecule has 11 nitrogen and oxygen atoms in total. The molecule has 0 amide bonds. The molecule has 0 aromatic heterocycles. The maximum absolute atomic E-state index is 11.8. The second kappa shape index (κ2) is 21.2. The van der Waals surface area contributed by atoms with Gasteiger partial charge in [0.1, 0.15) is 13.2 Å². The molecule has 1 atom stereocenters. The number of ether oxygens (including phenoxy) is 6. The molecular formula is C28H40O11. The first-order chi connectivity index (χ1) is 18.6. The molecule has 0 spiro atoms. The van der Waals surface area contributed by atoms with Crippen LogP contribution in [0.2, 0.25) is 0 Å². The highest BCUT2D eigenvalue weighted by molar-refractivity contribution is 5.82. The minimum Gasteiger partial charge on any atom is -0.466 e. The summed E-state index contributed by atoms with van der Waals surface area (Å²) in [5.41, 5.74) is -1.04. The largest absolute Gasteiger partial charge is 0.466 e. The summed E-state index contributed by atoms with van der Waals surface area (Å²) >= 11 is 0. The zero-order valence-corrected chi connectivity index (χ0v) is 22.7. The molecule has 0 aliphatic rings. The molecule has 0 aliphatic carbocycles. The maximum Gasteiger partial charge on any atom is 0.330 e. The Morgan fingerprint density at radius 2 is 1.10 bits per heavy atom. The lowest BCUT2D eigenvalue weighted by Gasteiger charge is -2.32. The highest BCUT2D eigenvalue weighted by atomic mass is 16.6. The van der Waals surface area contributed by atoms with Gasteiger partial charge in [-0.2, -0.15) is 0 Å². The summed E-state index contributed by atoms with van der Waals surface area (Å²) < 4.78 is 31.6. The van der Waals surface area contributed by atoms with Crippen LogP contribution in [0.5, 0.6) is 0 Å². The predicted octanol–water partition coefficient (Wildman–Crippen LogP) is 3.04. The van der Waals surface area contributed by atoms with Gasteiger partial charge in [-0.3, -0.25) is 4.79 Å². The van der Waals surface area contributed by atoms with Crippen LogP contribution in [-0.2, 0) is 52.4 Å². The minimum atomic E-state index is -1.04. The Labute approximate surface area is 229 Å². The molecule has 0 aliphatic heterocycles. The number of hydrogen-bond donors (Lipinski definition) is 0. The average Bonchev–Trinajstić information content (AvgIpc) is 2.93. The summed E-state index contributed by atoms with van der Waals surface area (Å²) in [6, 6.07) is 0.